The maximum atomic E-state index is 12.7. The van der Waals surface area contributed by atoms with Crippen molar-refractivity contribution >= 4 is 43.0 Å². The summed E-state index contributed by atoms with van der Waals surface area (Å²) >= 11 is 0. The number of fused-ring (bicyclic) bond motifs is 1. The van der Waals surface area contributed by atoms with Gasteiger partial charge in [0.2, 0.25) is 22.7 Å². The van der Waals surface area contributed by atoms with E-state index in [1.165, 1.54) is 28.6 Å². The van der Waals surface area contributed by atoms with Gasteiger partial charge in [-0.25, -0.2) is 16.8 Å². The van der Waals surface area contributed by atoms with Crippen LogP contribution in [0.15, 0.2) is 71.6 Å². The molecule has 0 saturated heterocycles. The normalized spacial score (nSPS) is 12.6. The van der Waals surface area contributed by atoms with Crippen LogP contribution < -0.4 is 28.6 Å². The Morgan fingerprint density at radius 3 is 2.26 bits per heavy atom. The number of hydrogen-bond donors (Lipinski definition) is 2. The highest BCUT2D eigenvalue weighted by atomic mass is 32.2. The Kier molecular flexibility index (Phi) is 8.51. The minimum absolute atomic E-state index is 0.0295. The molecule has 0 atom stereocenters. The number of nitrogens with one attached hydrogen (secondary N) is 2. The first-order chi connectivity index (χ1) is 18.5. The summed E-state index contributed by atoms with van der Waals surface area (Å²) in [6, 6.07) is 17.1. The van der Waals surface area contributed by atoms with Gasteiger partial charge in [0, 0.05) is 30.4 Å². The zero-order valence-corrected chi connectivity index (χ0v) is 23.0. The molecule has 0 spiro atoms. The number of carbonyl (C=O) groups excluding carboxylic acids is 1. The number of ether oxygens (including phenoxy) is 3. The van der Waals surface area contributed by atoms with Gasteiger partial charge in [-0.3, -0.25) is 13.8 Å². The summed E-state index contributed by atoms with van der Waals surface area (Å²) in [5.74, 6) is 1.30. The molecule has 0 fully saturated rings. The van der Waals surface area contributed by atoms with Gasteiger partial charge in [-0.2, -0.15) is 0 Å². The molecule has 1 aliphatic rings. The Morgan fingerprint density at radius 1 is 0.923 bits per heavy atom. The topological polar surface area (TPSA) is 140 Å². The molecule has 0 radical (unpaired) electrons. The first kappa shape index (κ1) is 28.0. The van der Waals surface area contributed by atoms with E-state index < -0.39 is 20.0 Å². The summed E-state index contributed by atoms with van der Waals surface area (Å²) in [7, 11) is -7.44. The second-order valence-electron chi connectivity index (χ2n) is 8.61. The van der Waals surface area contributed by atoms with Crippen LogP contribution in [0.3, 0.4) is 0 Å². The third-order valence-electron chi connectivity index (χ3n) is 5.68. The van der Waals surface area contributed by atoms with Crippen LogP contribution in [0.25, 0.3) is 0 Å². The molecule has 0 bridgehead atoms. The van der Waals surface area contributed by atoms with Crippen LogP contribution in [-0.2, 0) is 24.8 Å². The number of amides is 1. The van der Waals surface area contributed by atoms with Crippen LogP contribution in [0.1, 0.15) is 19.8 Å². The van der Waals surface area contributed by atoms with E-state index in [9.17, 15) is 21.6 Å². The maximum absolute atomic E-state index is 12.7. The fraction of sp³-hybridized carbons (Fsp3) is 0.269. The van der Waals surface area contributed by atoms with Gasteiger partial charge in [-0.1, -0.05) is 0 Å². The van der Waals surface area contributed by atoms with Crippen LogP contribution in [0, 0.1) is 0 Å². The number of rotatable bonds is 12. The van der Waals surface area contributed by atoms with E-state index in [-0.39, 0.29) is 37.0 Å². The van der Waals surface area contributed by atoms with Gasteiger partial charge >= 0.3 is 0 Å². The molecule has 0 aliphatic carbocycles. The minimum Gasteiger partial charge on any atom is -0.494 e. The zero-order chi connectivity index (χ0) is 28.0. The third kappa shape index (κ3) is 7.33. The predicted octanol–water partition coefficient (Wildman–Crippen LogP) is 3.80. The number of benzene rings is 3. The lowest BCUT2D eigenvalue weighted by molar-refractivity contribution is -0.116. The first-order valence-electron chi connectivity index (χ1n) is 12.1. The van der Waals surface area contributed by atoms with Gasteiger partial charge in [-0.05, 0) is 74.0 Å². The van der Waals surface area contributed by atoms with Crippen LogP contribution in [0.4, 0.5) is 17.1 Å². The molecule has 208 valence electrons. The largest absolute Gasteiger partial charge is 0.494 e. The SMILES string of the molecule is CCOc1ccc(NS(=O)(=O)c2ccc(NC(=O)CCCN(c3ccc4c(c3)OCO4)S(C)(=O)=O)cc2)cc1. The molecule has 1 heterocycles. The van der Waals surface area contributed by atoms with Crippen molar-refractivity contribution in [3.63, 3.8) is 0 Å². The van der Waals surface area contributed by atoms with Crippen LogP contribution in [0.5, 0.6) is 17.2 Å². The summed E-state index contributed by atoms with van der Waals surface area (Å²) < 4.78 is 69.8. The van der Waals surface area contributed by atoms with Crippen LogP contribution in [0.2, 0.25) is 0 Å². The molecule has 39 heavy (non-hydrogen) atoms. The highest BCUT2D eigenvalue weighted by Crippen LogP contribution is 2.36. The van der Waals surface area contributed by atoms with Crippen molar-refractivity contribution in [3.05, 3.63) is 66.7 Å². The molecule has 1 aliphatic heterocycles. The van der Waals surface area contributed by atoms with Gasteiger partial charge in [0.25, 0.3) is 10.0 Å². The number of sulfonamides is 2. The van der Waals surface area contributed by atoms with Gasteiger partial charge in [0.15, 0.2) is 11.5 Å². The van der Waals surface area contributed by atoms with Crippen molar-refractivity contribution in [1.82, 2.24) is 0 Å². The molecule has 0 saturated carbocycles. The molecular formula is C26H29N3O8S2. The van der Waals surface area contributed by atoms with E-state index in [4.69, 9.17) is 14.2 Å². The minimum atomic E-state index is -3.83. The van der Waals surface area contributed by atoms with E-state index in [1.807, 2.05) is 6.92 Å². The average molecular weight is 576 g/mol. The van der Waals surface area contributed by atoms with E-state index >= 15 is 0 Å². The molecule has 2 N–H and O–H groups in total. The number of anilines is 3. The highest BCUT2D eigenvalue weighted by molar-refractivity contribution is 7.92. The molecular weight excluding hydrogens is 546 g/mol. The summed E-state index contributed by atoms with van der Waals surface area (Å²) in [5.41, 5.74) is 1.22. The molecule has 0 aromatic heterocycles. The summed E-state index contributed by atoms with van der Waals surface area (Å²) in [6.45, 7) is 2.52. The second-order valence-corrected chi connectivity index (χ2v) is 12.2. The van der Waals surface area contributed by atoms with Crippen LogP contribution >= 0.6 is 0 Å². The Bertz CT molecular complexity index is 1520. The number of carbonyl (C=O) groups is 1. The van der Waals surface area contributed by atoms with Gasteiger partial charge in [0.05, 0.1) is 23.4 Å². The molecule has 13 heteroatoms. The smallest absolute Gasteiger partial charge is 0.261 e. The fourth-order valence-electron chi connectivity index (χ4n) is 3.85. The number of hydrogen-bond acceptors (Lipinski definition) is 8. The first-order valence-corrected chi connectivity index (χ1v) is 15.4. The van der Waals surface area contributed by atoms with E-state index in [0.717, 1.165) is 6.26 Å². The van der Waals surface area contributed by atoms with Crippen molar-refractivity contribution in [3.8, 4) is 17.2 Å². The quantitative estimate of drug-likeness (QED) is 0.332. The lowest BCUT2D eigenvalue weighted by atomic mass is 10.2. The molecule has 11 nitrogen and oxygen atoms in total. The molecule has 1 amide bonds. The van der Waals surface area contributed by atoms with E-state index in [1.54, 1.807) is 42.5 Å². The average Bonchev–Trinajstić information content (AvgIpc) is 3.35. The lowest BCUT2D eigenvalue weighted by Crippen LogP contribution is -2.31. The van der Waals surface area contributed by atoms with Crippen molar-refractivity contribution in [2.24, 2.45) is 0 Å². The van der Waals surface area contributed by atoms with Crippen molar-refractivity contribution < 1.29 is 35.8 Å². The highest BCUT2D eigenvalue weighted by Gasteiger charge is 2.22. The molecule has 0 unspecified atom stereocenters. The van der Waals surface area contributed by atoms with Gasteiger partial charge < -0.3 is 19.5 Å². The molecule has 3 aromatic carbocycles. The van der Waals surface area contributed by atoms with Crippen molar-refractivity contribution in [1.29, 1.82) is 0 Å². The van der Waals surface area contributed by atoms with Gasteiger partial charge in [-0.15, -0.1) is 0 Å². The Hall–Kier alpha value is -3.97. The summed E-state index contributed by atoms with van der Waals surface area (Å²) in [4.78, 5) is 12.5. The zero-order valence-electron chi connectivity index (χ0n) is 21.4. The van der Waals surface area contributed by atoms with E-state index in [2.05, 4.69) is 10.0 Å². The van der Waals surface area contributed by atoms with Gasteiger partial charge in [0.1, 0.15) is 5.75 Å². The van der Waals surface area contributed by atoms with Crippen LogP contribution in [-0.4, -0.2) is 48.9 Å². The Labute approximate surface area is 227 Å². The number of nitrogens with zero attached hydrogens (tertiary/aromatic N) is 1. The van der Waals surface area contributed by atoms with E-state index in [0.29, 0.717) is 40.9 Å². The Morgan fingerprint density at radius 2 is 1.59 bits per heavy atom. The fourth-order valence-corrected chi connectivity index (χ4v) is 5.87. The second kappa shape index (κ2) is 11.8. The standard InChI is InChI=1S/C26H29N3O8S2/c1-3-35-22-11-6-20(7-12-22)28-39(33,34)23-13-8-19(9-14-23)27-26(30)5-4-16-29(38(2,31)32)21-10-15-24-25(17-21)37-18-36-24/h6-15,17,28H,3-5,16,18H2,1-2H3,(H,27,30). The maximum Gasteiger partial charge on any atom is 0.261 e. The third-order valence-corrected chi connectivity index (χ3v) is 8.27. The summed E-state index contributed by atoms with van der Waals surface area (Å²) in [6.07, 6.45) is 1.40. The lowest BCUT2D eigenvalue weighted by Gasteiger charge is -2.22. The molecule has 3 aromatic rings. The monoisotopic (exact) mass is 575 g/mol. The summed E-state index contributed by atoms with van der Waals surface area (Å²) in [5, 5.41) is 2.70. The van der Waals surface area contributed by atoms with Crippen molar-refractivity contribution in [2.75, 3.05) is 40.5 Å². The predicted molar refractivity (Wildman–Crippen MR) is 147 cm³/mol. The Balaban J connectivity index is 1.31. The molecule has 4 rings (SSSR count). The van der Waals surface area contributed by atoms with Crippen molar-refractivity contribution in [2.45, 2.75) is 24.7 Å².